The van der Waals surface area contributed by atoms with Gasteiger partial charge in [-0.15, -0.1) is 41.9 Å². The average molecular weight is 408 g/mol. The lowest BCUT2D eigenvalue weighted by molar-refractivity contribution is -0.127. The maximum absolute atomic E-state index is 11.5. The topological polar surface area (TPSA) is 56.7 Å². The Balaban J connectivity index is 0.00000361. The van der Waals surface area contributed by atoms with Crippen molar-refractivity contribution in [3.63, 3.8) is 0 Å². The molecular weight excluding hydrogens is 387 g/mol. The fourth-order valence-electron chi connectivity index (χ4n) is 1.22. The van der Waals surface area contributed by atoms with E-state index in [0.29, 0.717) is 19.0 Å². The van der Waals surface area contributed by atoms with Crippen LogP contribution >= 0.6 is 35.3 Å². The van der Waals surface area contributed by atoms with Gasteiger partial charge in [-0.05, 0) is 11.4 Å². The highest BCUT2D eigenvalue weighted by Crippen LogP contribution is 2.07. The predicted molar refractivity (Wildman–Crippen MR) is 95.8 cm³/mol. The molecule has 5 nitrogen and oxygen atoms in total. The molecule has 0 fully saturated rings. The Labute approximate surface area is 141 Å². The van der Waals surface area contributed by atoms with Crippen LogP contribution in [0.25, 0.3) is 0 Å². The molecule has 1 rings (SSSR count). The summed E-state index contributed by atoms with van der Waals surface area (Å²) in [5.74, 6) is 0.583. The molecule has 0 saturated heterocycles. The van der Waals surface area contributed by atoms with Crippen molar-refractivity contribution in [2.75, 3.05) is 27.2 Å². The van der Waals surface area contributed by atoms with Crippen LogP contribution in [0.5, 0.6) is 0 Å². The van der Waals surface area contributed by atoms with Crippen LogP contribution in [0.1, 0.15) is 4.88 Å². The van der Waals surface area contributed by atoms with Crippen LogP contribution < -0.4 is 10.6 Å². The highest BCUT2D eigenvalue weighted by Gasteiger charge is 2.04. The van der Waals surface area contributed by atoms with Crippen LogP contribution in [0.15, 0.2) is 35.2 Å². The van der Waals surface area contributed by atoms with Crippen molar-refractivity contribution in [3.8, 4) is 0 Å². The number of nitrogens with zero attached hydrogens (tertiary/aromatic N) is 2. The van der Waals surface area contributed by atoms with Gasteiger partial charge in [-0.2, -0.15) is 0 Å². The van der Waals surface area contributed by atoms with Crippen LogP contribution in [0.2, 0.25) is 0 Å². The molecule has 0 aliphatic heterocycles. The van der Waals surface area contributed by atoms with Gasteiger partial charge in [-0.3, -0.25) is 4.79 Å². The first-order valence-electron chi connectivity index (χ1n) is 5.99. The lowest BCUT2D eigenvalue weighted by Crippen LogP contribution is -2.38. The summed E-state index contributed by atoms with van der Waals surface area (Å²) < 4.78 is 0. The lowest BCUT2D eigenvalue weighted by Gasteiger charge is -2.12. The van der Waals surface area contributed by atoms with E-state index in [1.807, 2.05) is 17.5 Å². The number of carbonyl (C=O) groups excluding carboxylic acids is 1. The normalized spacial score (nSPS) is 10.4. The van der Waals surface area contributed by atoms with Crippen molar-refractivity contribution in [1.82, 2.24) is 15.5 Å². The standard InChI is InChI=1S/C13H20N4OS.HI/c1-4-7-14-13(16-10-12(18)17(2)3)15-9-11-6-5-8-19-11;/h4-6,8H,1,7,9-10H2,2-3H3,(H2,14,15,16);1H. The highest BCUT2D eigenvalue weighted by atomic mass is 127. The Morgan fingerprint density at radius 2 is 2.25 bits per heavy atom. The van der Waals surface area contributed by atoms with E-state index in [4.69, 9.17) is 0 Å². The first-order valence-corrected chi connectivity index (χ1v) is 6.87. The summed E-state index contributed by atoms with van der Waals surface area (Å²) in [7, 11) is 3.43. The van der Waals surface area contributed by atoms with Gasteiger partial charge in [0, 0.05) is 25.5 Å². The van der Waals surface area contributed by atoms with E-state index in [-0.39, 0.29) is 36.4 Å². The molecule has 0 aliphatic carbocycles. The number of guanidine groups is 1. The third-order valence-corrected chi connectivity index (χ3v) is 3.17. The predicted octanol–water partition coefficient (Wildman–Crippen LogP) is 1.68. The smallest absolute Gasteiger partial charge is 0.243 e. The lowest BCUT2D eigenvalue weighted by atomic mass is 10.4. The Bertz CT molecular complexity index is 432. The van der Waals surface area contributed by atoms with Crippen molar-refractivity contribution < 1.29 is 4.79 Å². The van der Waals surface area contributed by atoms with E-state index in [9.17, 15) is 4.79 Å². The highest BCUT2D eigenvalue weighted by molar-refractivity contribution is 14.0. The number of nitrogens with one attached hydrogen (secondary N) is 2. The van der Waals surface area contributed by atoms with E-state index in [1.165, 1.54) is 9.78 Å². The molecule has 0 radical (unpaired) electrons. The molecule has 0 saturated carbocycles. The molecule has 0 aromatic carbocycles. The minimum Gasteiger partial charge on any atom is -0.353 e. The number of likely N-dealkylation sites (N-methyl/N-ethyl adjacent to an activating group) is 1. The molecule has 1 aromatic rings. The van der Waals surface area contributed by atoms with Crippen molar-refractivity contribution in [2.24, 2.45) is 4.99 Å². The van der Waals surface area contributed by atoms with Crippen LogP contribution in [0.3, 0.4) is 0 Å². The molecule has 0 atom stereocenters. The van der Waals surface area contributed by atoms with Crippen molar-refractivity contribution in [1.29, 1.82) is 0 Å². The molecule has 1 heterocycles. The van der Waals surface area contributed by atoms with Crippen LogP contribution in [-0.2, 0) is 11.3 Å². The second-order valence-corrected chi connectivity index (χ2v) is 5.09. The first kappa shape index (κ1) is 18.9. The van der Waals surface area contributed by atoms with Gasteiger partial charge in [-0.1, -0.05) is 12.1 Å². The molecule has 7 heteroatoms. The van der Waals surface area contributed by atoms with Gasteiger partial charge in [0.05, 0.1) is 6.54 Å². The van der Waals surface area contributed by atoms with E-state index in [1.54, 1.807) is 31.5 Å². The Morgan fingerprint density at radius 1 is 1.50 bits per heavy atom. The van der Waals surface area contributed by atoms with Crippen LogP contribution in [0, 0.1) is 0 Å². The molecular formula is C13H21IN4OS. The Morgan fingerprint density at radius 3 is 2.80 bits per heavy atom. The quantitative estimate of drug-likeness (QED) is 0.326. The minimum absolute atomic E-state index is 0. The minimum atomic E-state index is -0.0316. The number of halogens is 1. The second kappa shape index (κ2) is 10.7. The van der Waals surface area contributed by atoms with E-state index < -0.39 is 0 Å². The number of hydrogen-bond acceptors (Lipinski definition) is 3. The van der Waals surface area contributed by atoms with Gasteiger partial charge in [0.25, 0.3) is 0 Å². The number of hydrogen-bond donors (Lipinski definition) is 2. The zero-order valence-electron chi connectivity index (χ0n) is 11.8. The van der Waals surface area contributed by atoms with Crippen molar-refractivity contribution in [3.05, 3.63) is 35.0 Å². The molecule has 20 heavy (non-hydrogen) atoms. The van der Waals surface area contributed by atoms with Gasteiger partial charge in [0.15, 0.2) is 5.96 Å². The fraction of sp³-hybridized carbons (Fsp3) is 0.385. The number of amides is 1. The summed E-state index contributed by atoms with van der Waals surface area (Å²) in [6.45, 7) is 5.07. The van der Waals surface area contributed by atoms with Gasteiger partial charge >= 0.3 is 0 Å². The monoisotopic (exact) mass is 408 g/mol. The molecule has 0 bridgehead atoms. The van der Waals surface area contributed by atoms with Crippen molar-refractivity contribution in [2.45, 2.75) is 6.54 Å². The summed E-state index contributed by atoms with van der Waals surface area (Å²) in [4.78, 5) is 18.5. The third kappa shape index (κ3) is 7.49. The van der Waals surface area contributed by atoms with Crippen molar-refractivity contribution >= 4 is 47.2 Å². The van der Waals surface area contributed by atoms with Crippen LogP contribution in [0.4, 0.5) is 0 Å². The van der Waals surface area contributed by atoms with Gasteiger partial charge < -0.3 is 15.5 Å². The van der Waals surface area contributed by atoms with Gasteiger partial charge in [0.1, 0.15) is 6.54 Å². The number of thiophene rings is 1. The summed E-state index contributed by atoms with van der Waals surface area (Å²) in [6.07, 6.45) is 1.75. The number of aliphatic imine (C=N–C) groups is 1. The van der Waals surface area contributed by atoms with Crippen LogP contribution in [-0.4, -0.2) is 44.0 Å². The van der Waals surface area contributed by atoms with Gasteiger partial charge in [0.2, 0.25) is 5.91 Å². The molecule has 0 aliphatic rings. The summed E-state index contributed by atoms with van der Waals surface area (Å²) in [5.41, 5.74) is 0. The van der Waals surface area contributed by atoms with Gasteiger partial charge in [-0.25, -0.2) is 4.99 Å². The maximum atomic E-state index is 11.5. The molecule has 112 valence electrons. The molecule has 2 N–H and O–H groups in total. The molecule has 1 aromatic heterocycles. The Hall–Kier alpha value is -1.09. The zero-order chi connectivity index (χ0) is 14.1. The number of carbonyl (C=O) groups is 1. The molecule has 1 amide bonds. The summed E-state index contributed by atoms with van der Waals surface area (Å²) in [5, 5.41) is 8.29. The number of rotatable bonds is 6. The Kier molecular flexibility index (Phi) is 10.1. The third-order valence-electron chi connectivity index (χ3n) is 2.30. The summed E-state index contributed by atoms with van der Waals surface area (Å²) in [6, 6.07) is 4.05. The summed E-state index contributed by atoms with van der Waals surface area (Å²) >= 11 is 1.68. The van der Waals surface area contributed by atoms with E-state index in [2.05, 4.69) is 22.2 Å². The SMILES string of the molecule is C=CCNC(=NCC(=O)N(C)C)NCc1cccs1.I. The molecule has 0 unspecified atom stereocenters. The fourth-order valence-corrected chi connectivity index (χ4v) is 1.86. The van der Waals surface area contributed by atoms with E-state index >= 15 is 0 Å². The second-order valence-electron chi connectivity index (χ2n) is 4.06. The van der Waals surface area contributed by atoms with E-state index in [0.717, 1.165) is 0 Å². The molecule has 0 spiro atoms. The average Bonchev–Trinajstić information content (AvgIpc) is 2.90. The maximum Gasteiger partial charge on any atom is 0.243 e. The zero-order valence-corrected chi connectivity index (χ0v) is 14.9. The largest absolute Gasteiger partial charge is 0.353 e. The first-order chi connectivity index (χ1) is 9.13.